The summed E-state index contributed by atoms with van der Waals surface area (Å²) < 4.78 is 10.6. The second kappa shape index (κ2) is 7.23. The summed E-state index contributed by atoms with van der Waals surface area (Å²) in [5.74, 6) is 1.15. The Balaban J connectivity index is 2.22. The highest BCUT2D eigenvalue weighted by molar-refractivity contribution is 5.89. The van der Waals surface area contributed by atoms with Gasteiger partial charge >= 0.3 is 6.03 Å². The quantitative estimate of drug-likeness (QED) is 0.656. The van der Waals surface area contributed by atoms with Crippen LogP contribution in [0.15, 0.2) is 54.6 Å². The molecule has 26 heavy (non-hydrogen) atoms. The van der Waals surface area contributed by atoms with E-state index in [-0.39, 0.29) is 5.75 Å². The minimum absolute atomic E-state index is 0.0669. The first kappa shape index (κ1) is 17.4. The Hall–Kier alpha value is -3.41. The van der Waals surface area contributed by atoms with E-state index in [0.29, 0.717) is 22.6 Å². The number of hydrogen-bond donors (Lipinski definition) is 3. The van der Waals surface area contributed by atoms with Crippen molar-refractivity contribution in [1.82, 2.24) is 5.32 Å². The minimum atomic E-state index is -0.697. The lowest BCUT2D eigenvalue weighted by Gasteiger charge is -2.22. The zero-order valence-electron chi connectivity index (χ0n) is 14.5. The van der Waals surface area contributed by atoms with Gasteiger partial charge < -0.3 is 25.6 Å². The number of carbonyl (C=O) groups excluding carboxylic acids is 1. The van der Waals surface area contributed by atoms with Gasteiger partial charge in [-0.3, -0.25) is 0 Å². The highest BCUT2D eigenvalue weighted by atomic mass is 16.5. The Kier molecular flexibility index (Phi) is 4.84. The molecule has 0 spiro atoms. The summed E-state index contributed by atoms with van der Waals surface area (Å²) in [5.41, 5.74) is 6.67. The van der Waals surface area contributed by atoms with Gasteiger partial charge in [0.1, 0.15) is 5.75 Å². The van der Waals surface area contributed by atoms with Crippen molar-refractivity contribution in [3.8, 4) is 17.2 Å². The zero-order chi connectivity index (χ0) is 18.7. The molecule has 3 aromatic carbocycles. The number of methoxy groups -OCH3 is 2. The number of nitrogens with two attached hydrogens (primary N) is 1. The molecule has 2 amide bonds. The van der Waals surface area contributed by atoms with E-state index >= 15 is 0 Å². The van der Waals surface area contributed by atoms with Crippen LogP contribution < -0.4 is 20.5 Å². The number of aromatic hydroxyl groups is 1. The van der Waals surface area contributed by atoms with Crippen molar-refractivity contribution in [2.75, 3.05) is 14.2 Å². The van der Waals surface area contributed by atoms with Crippen LogP contribution >= 0.6 is 0 Å². The number of phenols is 1. The monoisotopic (exact) mass is 352 g/mol. The summed E-state index contributed by atoms with van der Waals surface area (Å²) >= 11 is 0. The van der Waals surface area contributed by atoms with Gasteiger partial charge in [-0.05, 0) is 34.5 Å². The van der Waals surface area contributed by atoms with Gasteiger partial charge in [0.25, 0.3) is 0 Å². The molecular formula is C20H20N2O4. The van der Waals surface area contributed by atoms with Crippen molar-refractivity contribution >= 4 is 16.8 Å². The summed E-state index contributed by atoms with van der Waals surface area (Å²) in [4.78, 5) is 11.7. The molecule has 3 rings (SSSR count). The van der Waals surface area contributed by atoms with Crippen molar-refractivity contribution in [1.29, 1.82) is 0 Å². The van der Waals surface area contributed by atoms with Crippen LogP contribution in [0.25, 0.3) is 10.8 Å². The molecule has 0 bridgehead atoms. The number of rotatable bonds is 5. The summed E-state index contributed by atoms with van der Waals surface area (Å²) in [5, 5.41) is 15.0. The number of benzene rings is 3. The van der Waals surface area contributed by atoms with E-state index in [9.17, 15) is 9.90 Å². The fourth-order valence-corrected chi connectivity index (χ4v) is 3.08. The van der Waals surface area contributed by atoms with Gasteiger partial charge in [0.15, 0.2) is 11.5 Å². The number of primary amides is 1. The highest BCUT2D eigenvalue weighted by Crippen LogP contribution is 2.38. The first-order chi connectivity index (χ1) is 12.5. The topological polar surface area (TPSA) is 93.8 Å². The van der Waals surface area contributed by atoms with Crippen molar-refractivity contribution in [3.63, 3.8) is 0 Å². The molecule has 0 fully saturated rings. The number of amides is 2. The fourth-order valence-electron chi connectivity index (χ4n) is 3.08. The maximum Gasteiger partial charge on any atom is 0.312 e. The van der Waals surface area contributed by atoms with Gasteiger partial charge in [0.05, 0.1) is 20.3 Å². The minimum Gasteiger partial charge on any atom is -0.508 e. The standard InChI is InChI=1S/C20H20N2O4/c1-25-16-10-8-13(11-17(16)26-2)19(22-20(21)24)18-14-6-4-3-5-12(14)7-9-15(18)23/h3-11,19,23H,1-2H3,(H3,21,22,24). The Labute approximate surface area is 151 Å². The second-order valence-corrected chi connectivity index (χ2v) is 5.78. The Morgan fingerprint density at radius 3 is 2.46 bits per heavy atom. The van der Waals surface area contributed by atoms with Gasteiger partial charge in [0.2, 0.25) is 0 Å². The van der Waals surface area contributed by atoms with Gasteiger partial charge in [-0.25, -0.2) is 4.79 Å². The first-order valence-corrected chi connectivity index (χ1v) is 8.03. The van der Waals surface area contributed by atoms with Crippen LogP contribution in [0.1, 0.15) is 17.2 Å². The van der Waals surface area contributed by atoms with Gasteiger partial charge in [-0.15, -0.1) is 0 Å². The number of urea groups is 1. The van der Waals surface area contributed by atoms with Crippen LogP contribution in [-0.4, -0.2) is 25.4 Å². The smallest absolute Gasteiger partial charge is 0.312 e. The maximum atomic E-state index is 11.7. The number of phenolic OH excluding ortho intramolecular Hbond substituents is 1. The number of carbonyl (C=O) groups is 1. The van der Waals surface area contributed by atoms with E-state index in [0.717, 1.165) is 10.8 Å². The largest absolute Gasteiger partial charge is 0.508 e. The molecule has 1 unspecified atom stereocenters. The third-order valence-electron chi connectivity index (χ3n) is 4.26. The van der Waals surface area contributed by atoms with Crippen molar-refractivity contribution < 1.29 is 19.4 Å². The Bertz CT molecular complexity index is 956. The van der Waals surface area contributed by atoms with Gasteiger partial charge in [-0.2, -0.15) is 0 Å². The van der Waals surface area contributed by atoms with Crippen LogP contribution in [0.2, 0.25) is 0 Å². The lowest BCUT2D eigenvalue weighted by atomic mass is 9.92. The van der Waals surface area contributed by atoms with E-state index in [4.69, 9.17) is 15.2 Å². The third-order valence-corrected chi connectivity index (χ3v) is 4.26. The number of fused-ring (bicyclic) bond motifs is 1. The first-order valence-electron chi connectivity index (χ1n) is 8.03. The zero-order valence-corrected chi connectivity index (χ0v) is 14.5. The lowest BCUT2D eigenvalue weighted by molar-refractivity contribution is 0.246. The van der Waals surface area contributed by atoms with Crippen LogP contribution in [0.4, 0.5) is 4.79 Å². The SMILES string of the molecule is COc1ccc(C(NC(N)=O)c2c(O)ccc3ccccc23)cc1OC. The summed E-state index contributed by atoms with van der Waals surface area (Å²) in [6.45, 7) is 0. The normalized spacial score (nSPS) is 11.8. The van der Waals surface area contributed by atoms with Gasteiger partial charge in [0, 0.05) is 5.56 Å². The molecule has 4 N–H and O–H groups in total. The molecule has 0 radical (unpaired) electrons. The van der Waals surface area contributed by atoms with Crippen molar-refractivity contribution in [2.45, 2.75) is 6.04 Å². The Morgan fingerprint density at radius 2 is 1.77 bits per heavy atom. The molecule has 1 atom stereocenters. The molecule has 0 aromatic heterocycles. The summed E-state index contributed by atoms with van der Waals surface area (Å²) in [6.07, 6.45) is 0. The molecule has 3 aromatic rings. The van der Waals surface area contributed by atoms with E-state index in [1.807, 2.05) is 30.3 Å². The van der Waals surface area contributed by atoms with Crippen molar-refractivity contribution in [2.24, 2.45) is 5.73 Å². The molecule has 0 heterocycles. The molecule has 0 saturated heterocycles. The van der Waals surface area contributed by atoms with Gasteiger partial charge in [-0.1, -0.05) is 36.4 Å². The van der Waals surface area contributed by atoms with E-state index in [1.165, 1.54) is 7.11 Å². The number of ether oxygens (including phenoxy) is 2. The maximum absolute atomic E-state index is 11.7. The fraction of sp³-hybridized carbons (Fsp3) is 0.150. The van der Waals surface area contributed by atoms with Crippen LogP contribution in [0.3, 0.4) is 0 Å². The number of hydrogen-bond acceptors (Lipinski definition) is 4. The third kappa shape index (κ3) is 3.21. The second-order valence-electron chi connectivity index (χ2n) is 5.78. The van der Waals surface area contributed by atoms with E-state index < -0.39 is 12.1 Å². The highest BCUT2D eigenvalue weighted by Gasteiger charge is 2.23. The van der Waals surface area contributed by atoms with Crippen LogP contribution in [0, 0.1) is 0 Å². The molecule has 6 heteroatoms. The molecule has 0 saturated carbocycles. The van der Waals surface area contributed by atoms with E-state index in [2.05, 4.69) is 5.32 Å². The van der Waals surface area contributed by atoms with Crippen LogP contribution in [-0.2, 0) is 0 Å². The summed E-state index contributed by atoms with van der Waals surface area (Å²) in [7, 11) is 3.08. The lowest BCUT2D eigenvalue weighted by Crippen LogP contribution is -2.34. The van der Waals surface area contributed by atoms with E-state index in [1.54, 1.807) is 31.4 Å². The average molecular weight is 352 g/mol. The molecule has 0 aliphatic carbocycles. The molecule has 6 nitrogen and oxygen atoms in total. The number of nitrogens with one attached hydrogen (secondary N) is 1. The predicted molar refractivity (Wildman–Crippen MR) is 99.7 cm³/mol. The molecule has 0 aliphatic rings. The molecular weight excluding hydrogens is 332 g/mol. The summed E-state index contributed by atoms with van der Waals surface area (Å²) in [6, 6.07) is 15.0. The van der Waals surface area contributed by atoms with Crippen molar-refractivity contribution in [3.05, 3.63) is 65.7 Å². The molecule has 134 valence electrons. The Morgan fingerprint density at radius 1 is 1.04 bits per heavy atom. The average Bonchev–Trinajstić information content (AvgIpc) is 2.65. The predicted octanol–water partition coefficient (Wildman–Crippen LogP) is 3.32. The molecule has 0 aliphatic heterocycles. The van der Waals surface area contributed by atoms with Crippen LogP contribution in [0.5, 0.6) is 17.2 Å².